The molecule has 1 aromatic heterocycles. The molecule has 0 radical (unpaired) electrons. The van der Waals surface area contributed by atoms with Crippen LogP contribution >= 0.6 is 0 Å². The number of likely N-dealkylation sites (tertiary alicyclic amines) is 1. The smallest absolute Gasteiger partial charge is 0.295 e. The van der Waals surface area contributed by atoms with Crippen molar-refractivity contribution in [3.05, 3.63) is 30.0 Å². The normalized spacial score (nSPS) is 17.1. The second-order valence-electron chi connectivity index (χ2n) is 9.53. The predicted octanol–water partition coefficient (Wildman–Crippen LogP) is 2.98. The highest BCUT2D eigenvalue weighted by molar-refractivity contribution is 6.45. The van der Waals surface area contributed by atoms with Crippen LogP contribution in [0, 0.1) is 5.92 Å². The summed E-state index contributed by atoms with van der Waals surface area (Å²) in [5.41, 5.74) is 1.06. The number of methoxy groups -OCH3 is 1. The first-order valence-corrected chi connectivity index (χ1v) is 12.5. The number of ketones is 1. The number of rotatable bonds is 10. The Hall–Kier alpha value is -2.87. The minimum Gasteiger partial charge on any atom is -0.497 e. The van der Waals surface area contributed by atoms with E-state index in [2.05, 4.69) is 15.2 Å². The van der Waals surface area contributed by atoms with Crippen molar-refractivity contribution < 1.29 is 19.1 Å². The Labute approximate surface area is 201 Å². The van der Waals surface area contributed by atoms with E-state index >= 15 is 0 Å². The molecule has 1 aliphatic heterocycles. The monoisotopic (exact) mass is 468 g/mol. The van der Waals surface area contributed by atoms with Crippen LogP contribution in [0.15, 0.2) is 24.4 Å². The molecular formula is C26H36N4O4. The zero-order chi connectivity index (χ0) is 23.9. The lowest BCUT2D eigenvalue weighted by molar-refractivity contribution is -0.133. The largest absolute Gasteiger partial charge is 0.497 e. The van der Waals surface area contributed by atoms with E-state index in [-0.39, 0.29) is 12.5 Å². The van der Waals surface area contributed by atoms with Gasteiger partial charge in [0.2, 0.25) is 5.91 Å². The van der Waals surface area contributed by atoms with Gasteiger partial charge in [0.15, 0.2) is 0 Å². The third kappa shape index (κ3) is 5.97. The number of Topliss-reactive ketones (excluding diaryl/α,β-unsaturated/α-hetero) is 1. The van der Waals surface area contributed by atoms with Gasteiger partial charge in [-0.3, -0.25) is 14.4 Å². The number of H-pyrrole nitrogens is 1. The van der Waals surface area contributed by atoms with Gasteiger partial charge >= 0.3 is 0 Å². The summed E-state index contributed by atoms with van der Waals surface area (Å²) in [5, 5.41) is 3.62. The van der Waals surface area contributed by atoms with Crippen LogP contribution < -0.4 is 10.1 Å². The first-order valence-electron chi connectivity index (χ1n) is 12.5. The van der Waals surface area contributed by atoms with E-state index in [0.29, 0.717) is 35.7 Å². The average Bonchev–Trinajstić information content (AvgIpc) is 3.53. The van der Waals surface area contributed by atoms with Gasteiger partial charge in [0.25, 0.3) is 11.7 Å². The molecule has 1 saturated heterocycles. The van der Waals surface area contributed by atoms with Crippen molar-refractivity contribution in [3.63, 3.8) is 0 Å². The number of aromatic nitrogens is 1. The van der Waals surface area contributed by atoms with E-state index < -0.39 is 11.7 Å². The van der Waals surface area contributed by atoms with Crippen LogP contribution in [-0.2, 0) is 9.59 Å². The highest BCUT2D eigenvalue weighted by Crippen LogP contribution is 2.26. The van der Waals surface area contributed by atoms with Crippen molar-refractivity contribution in [2.75, 3.05) is 46.4 Å². The predicted molar refractivity (Wildman–Crippen MR) is 131 cm³/mol. The highest BCUT2D eigenvalue weighted by atomic mass is 16.5. The van der Waals surface area contributed by atoms with E-state index in [0.717, 1.165) is 50.8 Å². The number of nitrogens with one attached hydrogen (secondary N) is 2. The molecule has 2 N–H and O–H groups in total. The molecule has 0 atom stereocenters. The number of hydrogen-bond acceptors (Lipinski definition) is 5. The molecule has 1 saturated carbocycles. The fourth-order valence-corrected chi connectivity index (χ4v) is 5.17. The summed E-state index contributed by atoms with van der Waals surface area (Å²) in [6, 6.07) is 5.34. The van der Waals surface area contributed by atoms with Gasteiger partial charge in [0.05, 0.1) is 19.2 Å². The van der Waals surface area contributed by atoms with Crippen molar-refractivity contribution in [3.8, 4) is 5.75 Å². The van der Waals surface area contributed by atoms with Crippen molar-refractivity contribution in [2.24, 2.45) is 5.92 Å². The van der Waals surface area contributed by atoms with Crippen LogP contribution in [0.3, 0.4) is 0 Å². The topological polar surface area (TPSA) is 94.7 Å². The van der Waals surface area contributed by atoms with Crippen molar-refractivity contribution in [1.29, 1.82) is 0 Å². The molecule has 1 aromatic carbocycles. The van der Waals surface area contributed by atoms with E-state index in [1.54, 1.807) is 31.5 Å². The van der Waals surface area contributed by atoms with E-state index in [1.807, 2.05) is 0 Å². The van der Waals surface area contributed by atoms with Crippen molar-refractivity contribution in [2.45, 2.75) is 44.9 Å². The van der Waals surface area contributed by atoms with Gasteiger partial charge in [-0.05, 0) is 56.8 Å². The lowest BCUT2D eigenvalue weighted by atomic mass is 9.89. The first kappa shape index (κ1) is 24.3. The Bertz CT molecular complexity index is 1010. The number of amides is 2. The number of nitrogens with zero attached hydrogens (tertiary/aromatic N) is 2. The molecular weight excluding hydrogens is 432 g/mol. The molecule has 2 amide bonds. The van der Waals surface area contributed by atoms with Gasteiger partial charge in [-0.15, -0.1) is 0 Å². The van der Waals surface area contributed by atoms with Gasteiger partial charge in [0.1, 0.15) is 5.75 Å². The molecule has 2 heterocycles. The Morgan fingerprint density at radius 1 is 1.12 bits per heavy atom. The fourth-order valence-electron chi connectivity index (χ4n) is 5.17. The number of hydrogen-bond donors (Lipinski definition) is 2. The minimum absolute atomic E-state index is 0.0861. The number of aromatic amines is 1. The Kier molecular flexibility index (Phi) is 8.21. The number of fused-ring (bicyclic) bond motifs is 1. The maximum atomic E-state index is 13.4. The molecule has 8 nitrogen and oxygen atoms in total. The third-order valence-corrected chi connectivity index (χ3v) is 7.10. The summed E-state index contributed by atoms with van der Waals surface area (Å²) in [5.74, 6) is -0.409. The zero-order valence-corrected chi connectivity index (χ0v) is 20.1. The molecule has 1 aliphatic carbocycles. The summed E-state index contributed by atoms with van der Waals surface area (Å²) in [6.45, 7) is 3.89. The summed E-state index contributed by atoms with van der Waals surface area (Å²) >= 11 is 0. The number of carbonyl (C=O) groups excluding carboxylic acids is 3. The minimum atomic E-state index is -0.614. The van der Waals surface area contributed by atoms with E-state index in [1.165, 1.54) is 24.2 Å². The van der Waals surface area contributed by atoms with Gasteiger partial charge in [-0.2, -0.15) is 0 Å². The summed E-state index contributed by atoms with van der Waals surface area (Å²) in [4.78, 5) is 46.2. The Morgan fingerprint density at radius 2 is 1.88 bits per heavy atom. The molecule has 4 rings (SSSR count). The SMILES string of the molecule is COc1ccc2c(C(=O)C(=O)N(CC(=O)NCCN3CCCC3)CC3CCCCC3)c[nH]c2c1. The molecule has 34 heavy (non-hydrogen) atoms. The quantitative estimate of drug-likeness (QED) is 0.413. The van der Waals surface area contributed by atoms with Gasteiger partial charge in [0, 0.05) is 42.8 Å². The third-order valence-electron chi connectivity index (χ3n) is 7.10. The van der Waals surface area contributed by atoms with Crippen LogP contribution in [0.2, 0.25) is 0 Å². The Morgan fingerprint density at radius 3 is 2.62 bits per heavy atom. The van der Waals surface area contributed by atoms with E-state index in [9.17, 15) is 14.4 Å². The van der Waals surface area contributed by atoms with E-state index in [4.69, 9.17) is 4.74 Å². The molecule has 184 valence electrons. The lowest BCUT2D eigenvalue weighted by Gasteiger charge is -2.29. The van der Waals surface area contributed by atoms with Gasteiger partial charge in [-0.25, -0.2) is 0 Å². The molecule has 0 spiro atoms. The van der Waals surface area contributed by atoms with Crippen molar-refractivity contribution in [1.82, 2.24) is 20.1 Å². The number of ether oxygens (including phenoxy) is 1. The Balaban J connectivity index is 1.44. The van der Waals surface area contributed by atoms with Gasteiger partial charge in [-0.1, -0.05) is 19.3 Å². The maximum Gasteiger partial charge on any atom is 0.295 e. The van der Waals surface area contributed by atoms with Crippen LogP contribution in [0.4, 0.5) is 0 Å². The standard InChI is InChI=1S/C26H36N4O4/c1-34-20-9-10-21-22(16-28-23(21)15-20)25(32)26(33)30(17-19-7-3-2-4-8-19)18-24(31)27-11-14-29-12-5-6-13-29/h9-10,15-16,19,28H,2-8,11-14,17-18H2,1H3,(H,27,31). The second kappa shape index (κ2) is 11.5. The molecule has 2 aliphatic rings. The van der Waals surface area contributed by atoms with Crippen LogP contribution in [0.5, 0.6) is 5.75 Å². The fraction of sp³-hybridized carbons (Fsp3) is 0.577. The van der Waals surface area contributed by atoms with Crippen LogP contribution in [0.1, 0.15) is 55.3 Å². The number of benzene rings is 1. The first-order chi connectivity index (χ1) is 16.5. The second-order valence-corrected chi connectivity index (χ2v) is 9.53. The van der Waals surface area contributed by atoms with Crippen LogP contribution in [0.25, 0.3) is 10.9 Å². The molecule has 2 aromatic rings. The zero-order valence-electron chi connectivity index (χ0n) is 20.1. The van der Waals surface area contributed by atoms with Crippen LogP contribution in [-0.4, -0.2) is 78.8 Å². The maximum absolute atomic E-state index is 13.4. The molecule has 0 bridgehead atoms. The number of carbonyl (C=O) groups is 3. The van der Waals surface area contributed by atoms with Gasteiger partial charge < -0.3 is 24.8 Å². The average molecular weight is 469 g/mol. The highest BCUT2D eigenvalue weighted by Gasteiger charge is 2.29. The molecule has 2 fully saturated rings. The summed E-state index contributed by atoms with van der Waals surface area (Å²) < 4.78 is 5.24. The summed E-state index contributed by atoms with van der Waals surface area (Å²) in [6.07, 6.45) is 9.52. The van der Waals surface area contributed by atoms with Crippen molar-refractivity contribution >= 4 is 28.5 Å². The summed E-state index contributed by atoms with van der Waals surface area (Å²) in [7, 11) is 1.58. The molecule has 8 heteroatoms. The lowest BCUT2D eigenvalue weighted by Crippen LogP contribution is -2.46. The molecule has 0 unspecified atom stereocenters.